The van der Waals surface area contributed by atoms with E-state index in [1.807, 2.05) is 48.6 Å². The Morgan fingerprint density at radius 1 is 0.729 bits per heavy atom. The summed E-state index contributed by atoms with van der Waals surface area (Å²) in [7, 11) is 8.19. The molecule has 0 saturated heterocycles. The quantitative estimate of drug-likeness (QED) is 0.167. The zero-order chi connectivity index (χ0) is 34.3. The number of pyridine rings is 2. The molecule has 1 N–H and O–H groups in total. The second-order valence-electron chi connectivity index (χ2n) is 12.5. The van der Waals surface area contributed by atoms with E-state index in [2.05, 4.69) is 114 Å². The van der Waals surface area contributed by atoms with Crippen molar-refractivity contribution in [3.8, 4) is 16.9 Å². The fraction of sp³-hybridized carbons (Fsp3) is 0.0732. The highest BCUT2D eigenvalue weighted by Crippen LogP contribution is 2.41. The van der Waals surface area contributed by atoms with Gasteiger partial charge in [0.05, 0.1) is 16.7 Å². The van der Waals surface area contributed by atoms with Gasteiger partial charge in [-0.05, 0) is 82.6 Å². The van der Waals surface area contributed by atoms with Crippen molar-refractivity contribution in [3.63, 3.8) is 0 Å². The lowest BCUT2D eigenvalue weighted by atomic mass is 9.64. The van der Waals surface area contributed by atoms with Crippen LogP contribution in [0.2, 0.25) is 0 Å². The number of phenols is 1. The zero-order valence-corrected chi connectivity index (χ0v) is 29.0. The van der Waals surface area contributed by atoms with Crippen molar-refractivity contribution >= 4 is 109 Å². The van der Waals surface area contributed by atoms with E-state index in [0.717, 1.165) is 105 Å². The van der Waals surface area contributed by atoms with E-state index >= 15 is 0 Å². The lowest BCUT2D eigenvalue weighted by Gasteiger charge is -2.25. The van der Waals surface area contributed by atoms with Crippen molar-refractivity contribution in [1.29, 1.82) is 0 Å². The number of benzene rings is 4. The van der Waals surface area contributed by atoms with Gasteiger partial charge in [-0.2, -0.15) is 0 Å². The maximum Gasteiger partial charge on any atom is 0.143 e. The molecule has 48 heavy (non-hydrogen) atoms. The topological polar surface area (TPSA) is 46.0 Å². The third-order valence-corrected chi connectivity index (χ3v) is 9.72. The lowest BCUT2D eigenvalue weighted by molar-refractivity contribution is 0.484. The largest absolute Gasteiger partial charge is 0.509 e. The Kier molecular flexibility index (Phi) is 8.90. The van der Waals surface area contributed by atoms with E-state index in [4.69, 9.17) is 9.97 Å². The number of phenolic OH excluding ortho intramolecular Hbond substituents is 1. The van der Waals surface area contributed by atoms with Crippen molar-refractivity contribution in [2.24, 2.45) is 0 Å². The highest BCUT2D eigenvalue weighted by molar-refractivity contribution is 6.61. The number of fused-ring (bicyclic) bond motifs is 4. The molecular formula is C41H38B4N2O. The minimum Gasteiger partial charge on any atom is -0.509 e. The molecule has 3 nitrogen and oxygen atoms in total. The molecule has 0 bridgehead atoms. The number of hydrogen-bond acceptors (Lipinski definition) is 3. The molecule has 0 spiro atoms. The number of allylic oxidation sites excluding steroid dienone is 6. The molecule has 0 amide bonds. The fourth-order valence-electron chi connectivity index (χ4n) is 6.94. The number of aromatic nitrogens is 2. The van der Waals surface area contributed by atoms with E-state index in [0.29, 0.717) is 5.75 Å². The molecule has 0 aliphatic carbocycles. The Morgan fingerprint density at radius 3 is 1.96 bits per heavy atom. The Balaban J connectivity index is 1.53. The van der Waals surface area contributed by atoms with E-state index < -0.39 is 0 Å². The Labute approximate surface area is 287 Å². The van der Waals surface area contributed by atoms with Crippen LogP contribution >= 0.6 is 0 Å². The Bertz CT molecular complexity index is 2390. The summed E-state index contributed by atoms with van der Waals surface area (Å²) in [5.74, 6) is 0.363. The molecule has 0 atom stereocenters. The molecule has 7 heteroatoms. The molecule has 2 heterocycles. The average molecular weight is 618 g/mol. The second kappa shape index (κ2) is 13.1. The highest BCUT2D eigenvalue weighted by atomic mass is 16.3. The van der Waals surface area contributed by atoms with Gasteiger partial charge in [-0.15, -0.1) is 0 Å². The molecule has 2 aromatic heterocycles. The zero-order valence-electron chi connectivity index (χ0n) is 29.0. The molecule has 0 unspecified atom stereocenters. The van der Waals surface area contributed by atoms with E-state index in [9.17, 15) is 5.11 Å². The van der Waals surface area contributed by atoms with Gasteiger partial charge in [0.2, 0.25) is 0 Å². The van der Waals surface area contributed by atoms with Gasteiger partial charge in [-0.25, -0.2) is 4.98 Å². The first-order chi connectivity index (χ1) is 23.1. The first kappa shape index (κ1) is 32.7. The third kappa shape index (κ3) is 5.44. The lowest BCUT2D eigenvalue weighted by Crippen LogP contribution is -2.42. The standard InChI is InChI=1S/C41H38B4N2O/c1-6-11-28-27(8-3)33(34-35(42)37(44)41(48)38(45)36(34)43)30-13-10-9-12-29(30)32(28)22(4)14-16-24(7-2)31-21-20-26-19-18-25-17-15-23(5)46-39(25)40(26)47-31/h6-21,48H,3-4,42-45H2,1-2,5H3/b11-6-,16-14-,24-7+. The summed E-state index contributed by atoms with van der Waals surface area (Å²) in [5, 5.41) is 15.3. The van der Waals surface area contributed by atoms with Gasteiger partial charge < -0.3 is 5.11 Å². The minimum atomic E-state index is 0.363. The van der Waals surface area contributed by atoms with Crippen LogP contribution in [0.15, 0.2) is 98.1 Å². The summed E-state index contributed by atoms with van der Waals surface area (Å²) < 4.78 is 0. The summed E-state index contributed by atoms with van der Waals surface area (Å²) in [6.07, 6.45) is 12.5. The van der Waals surface area contributed by atoms with Crippen molar-refractivity contribution < 1.29 is 5.11 Å². The number of aromatic hydroxyl groups is 1. The minimum absolute atomic E-state index is 0.363. The van der Waals surface area contributed by atoms with E-state index in [1.165, 1.54) is 0 Å². The maximum atomic E-state index is 10.9. The van der Waals surface area contributed by atoms with Crippen LogP contribution in [0.5, 0.6) is 5.75 Å². The van der Waals surface area contributed by atoms with Gasteiger partial charge in [0.25, 0.3) is 0 Å². The Morgan fingerprint density at radius 2 is 1.33 bits per heavy atom. The molecular weight excluding hydrogens is 580 g/mol. The molecule has 6 rings (SSSR count). The van der Waals surface area contributed by atoms with Crippen LogP contribution < -0.4 is 21.9 Å². The number of hydrogen-bond donors (Lipinski definition) is 1. The van der Waals surface area contributed by atoms with Crippen molar-refractivity contribution in [2.75, 3.05) is 0 Å². The molecule has 0 radical (unpaired) electrons. The number of aryl methyl sites for hydroxylation is 1. The maximum absolute atomic E-state index is 10.9. The summed E-state index contributed by atoms with van der Waals surface area (Å²) in [6, 6.07) is 21.1. The SMILES string of the molecule is Bc1c(B)c(-c2c(C=C)c(/C=C\C)c(C(=C)/C=C\C(=C/C)c3ccc4ccc5ccc(C)nc5c4n3)c3ccccc23)c(B)c(B)c1O. The average Bonchev–Trinajstić information content (AvgIpc) is 3.10. The fourth-order valence-corrected chi connectivity index (χ4v) is 6.94. The van der Waals surface area contributed by atoms with Crippen molar-refractivity contribution in [1.82, 2.24) is 9.97 Å². The van der Waals surface area contributed by atoms with Crippen LogP contribution in [0.1, 0.15) is 41.9 Å². The van der Waals surface area contributed by atoms with Gasteiger partial charge >= 0.3 is 0 Å². The van der Waals surface area contributed by atoms with E-state index in [1.54, 1.807) is 0 Å². The van der Waals surface area contributed by atoms with Gasteiger partial charge in [-0.3, -0.25) is 4.98 Å². The number of rotatable bonds is 7. The smallest absolute Gasteiger partial charge is 0.143 e. The molecule has 0 fully saturated rings. The predicted octanol–water partition coefficient (Wildman–Crippen LogP) is 4.00. The summed E-state index contributed by atoms with van der Waals surface area (Å²) in [4.78, 5) is 9.95. The van der Waals surface area contributed by atoms with Crippen molar-refractivity contribution in [3.05, 3.63) is 126 Å². The summed E-state index contributed by atoms with van der Waals surface area (Å²) in [6.45, 7) is 15.0. The van der Waals surface area contributed by atoms with Gasteiger partial charge in [-0.1, -0.05) is 120 Å². The van der Waals surface area contributed by atoms with Crippen LogP contribution in [0.25, 0.3) is 67.0 Å². The van der Waals surface area contributed by atoms with Crippen LogP contribution in [0.4, 0.5) is 0 Å². The monoisotopic (exact) mass is 618 g/mol. The molecule has 230 valence electrons. The number of nitrogens with zero attached hydrogens (tertiary/aromatic N) is 2. The summed E-state index contributed by atoms with van der Waals surface area (Å²) >= 11 is 0. The third-order valence-electron chi connectivity index (χ3n) is 9.72. The van der Waals surface area contributed by atoms with Crippen LogP contribution in [0, 0.1) is 6.92 Å². The first-order valence-electron chi connectivity index (χ1n) is 16.5. The van der Waals surface area contributed by atoms with E-state index in [-0.39, 0.29) is 0 Å². The molecule has 4 aromatic carbocycles. The summed E-state index contributed by atoms with van der Waals surface area (Å²) in [5.41, 5.74) is 15.0. The molecule has 0 saturated carbocycles. The van der Waals surface area contributed by atoms with Gasteiger partial charge in [0.1, 0.15) is 37.1 Å². The molecule has 0 aliphatic heterocycles. The normalized spacial score (nSPS) is 12.2. The second-order valence-corrected chi connectivity index (χ2v) is 12.5. The van der Waals surface area contributed by atoms with Crippen LogP contribution in [-0.4, -0.2) is 46.5 Å². The first-order valence-corrected chi connectivity index (χ1v) is 16.5. The van der Waals surface area contributed by atoms with Crippen LogP contribution in [-0.2, 0) is 0 Å². The predicted molar refractivity (Wildman–Crippen MR) is 222 cm³/mol. The molecule has 6 aromatic rings. The van der Waals surface area contributed by atoms with Crippen LogP contribution in [0.3, 0.4) is 0 Å². The molecule has 0 aliphatic rings. The van der Waals surface area contributed by atoms with Gasteiger partial charge in [0.15, 0.2) is 0 Å². The highest BCUT2D eigenvalue weighted by Gasteiger charge is 2.23. The van der Waals surface area contributed by atoms with Crippen molar-refractivity contribution in [2.45, 2.75) is 20.8 Å². The Hall–Kier alpha value is -5.28. The van der Waals surface area contributed by atoms with Gasteiger partial charge in [0, 0.05) is 16.5 Å².